The molecule has 4 heterocycles. The molecule has 3 aromatic rings. The molecule has 0 aromatic carbocycles. The van der Waals surface area contributed by atoms with Gasteiger partial charge in [-0.3, -0.25) is 9.59 Å². The highest BCUT2D eigenvalue weighted by Crippen LogP contribution is 2.29. The fourth-order valence-corrected chi connectivity index (χ4v) is 3.85. The normalized spacial score (nSPS) is 14.1. The summed E-state index contributed by atoms with van der Waals surface area (Å²) in [5.74, 6) is 1.90. The molecule has 9 heteroatoms. The molecule has 144 valence electrons. The van der Waals surface area contributed by atoms with Crippen molar-refractivity contribution in [3.05, 3.63) is 46.8 Å². The second-order valence-electron chi connectivity index (χ2n) is 6.47. The van der Waals surface area contributed by atoms with E-state index in [4.69, 9.17) is 4.42 Å². The smallest absolute Gasteiger partial charge is 0.267 e. The molecule has 8 nitrogen and oxygen atoms in total. The highest BCUT2D eigenvalue weighted by Gasteiger charge is 2.19. The summed E-state index contributed by atoms with van der Waals surface area (Å²) >= 11 is 1.29. The molecule has 2 amide bonds. The van der Waals surface area contributed by atoms with Crippen LogP contribution in [-0.4, -0.2) is 41.4 Å². The molecular formula is C19H19N5O3S. The molecule has 3 aromatic heterocycles. The maximum atomic E-state index is 12.7. The third-order valence-electron chi connectivity index (χ3n) is 4.32. The zero-order chi connectivity index (χ0) is 19.7. The van der Waals surface area contributed by atoms with Crippen molar-refractivity contribution in [2.75, 3.05) is 29.9 Å². The van der Waals surface area contributed by atoms with E-state index in [-0.39, 0.29) is 18.4 Å². The van der Waals surface area contributed by atoms with Crippen LogP contribution >= 0.6 is 11.3 Å². The average molecular weight is 397 g/mol. The predicted molar refractivity (Wildman–Crippen MR) is 107 cm³/mol. The molecule has 0 radical (unpaired) electrons. The van der Waals surface area contributed by atoms with E-state index in [2.05, 4.69) is 20.6 Å². The summed E-state index contributed by atoms with van der Waals surface area (Å²) in [6, 6.07) is 7.29. The average Bonchev–Trinajstić information content (AvgIpc) is 3.28. The van der Waals surface area contributed by atoms with Crippen LogP contribution in [0.3, 0.4) is 0 Å². The van der Waals surface area contributed by atoms with Crippen molar-refractivity contribution in [1.29, 1.82) is 0 Å². The first kappa shape index (κ1) is 18.2. The van der Waals surface area contributed by atoms with Crippen molar-refractivity contribution in [1.82, 2.24) is 15.3 Å². The Kier molecular flexibility index (Phi) is 4.82. The van der Waals surface area contributed by atoms with E-state index in [9.17, 15) is 9.59 Å². The standard InChI is InChI=1S/C19H19N5O3S/c1-11-3-5-14(27-11)19-22-12(2)17(28-19)18(26)23-13-4-6-15(21-9-13)24-8-7-20-16(25)10-24/h3-6,9H,7-8,10H2,1-2H3,(H,20,25)(H,23,26). The monoisotopic (exact) mass is 397 g/mol. The van der Waals surface area contributed by atoms with Crippen molar-refractivity contribution in [2.24, 2.45) is 0 Å². The van der Waals surface area contributed by atoms with E-state index < -0.39 is 0 Å². The number of anilines is 2. The van der Waals surface area contributed by atoms with Crippen LogP contribution in [0.4, 0.5) is 11.5 Å². The molecule has 0 bridgehead atoms. The van der Waals surface area contributed by atoms with E-state index in [1.807, 2.05) is 24.0 Å². The van der Waals surface area contributed by atoms with Crippen molar-refractivity contribution in [3.8, 4) is 10.8 Å². The van der Waals surface area contributed by atoms with Gasteiger partial charge in [0.05, 0.1) is 24.1 Å². The second-order valence-corrected chi connectivity index (χ2v) is 7.47. The number of hydrogen-bond donors (Lipinski definition) is 2. The van der Waals surface area contributed by atoms with Gasteiger partial charge in [0, 0.05) is 13.1 Å². The zero-order valence-corrected chi connectivity index (χ0v) is 16.3. The van der Waals surface area contributed by atoms with Gasteiger partial charge in [0.1, 0.15) is 16.5 Å². The molecule has 0 saturated carbocycles. The van der Waals surface area contributed by atoms with Crippen molar-refractivity contribution in [3.63, 3.8) is 0 Å². The van der Waals surface area contributed by atoms with Gasteiger partial charge in [-0.2, -0.15) is 0 Å². The first-order valence-corrected chi connectivity index (χ1v) is 9.64. The van der Waals surface area contributed by atoms with Gasteiger partial charge < -0.3 is 20.0 Å². The lowest BCUT2D eigenvalue weighted by Gasteiger charge is -2.27. The highest BCUT2D eigenvalue weighted by atomic mass is 32.1. The van der Waals surface area contributed by atoms with Crippen LogP contribution in [0.1, 0.15) is 21.1 Å². The van der Waals surface area contributed by atoms with E-state index in [0.29, 0.717) is 45.9 Å². The minimum absolute atomic E-state index is 0.0198. The minimum Gasteiger partial charge on any atom is -0.459 e. The van der Waals surface area contributed by atoms with E-state index in [1.54, 1.807) is 25.3 Å². The minimum atomic E-state index is -0.239. The molecule has 0 spiro atoms. The van der Waals surface area contributed by atoms with Crippen molar-refractivity contribution in [2.45, 2.75) is 13.8 Å². The van der Waals surface area contributed by atoms with E-state index in [1.165, 1.54) is 11.3 Å². The number of aromatic nitrogens is 2. The Morgan fingerprint density at radius 3 is 2.82 bits per heavy atom. The Bertz CT molecular complexity index is 1020. The molecular weight excluding hydrogens is 378 g/mol. The van der Waals surface area contributed by atoms with Gasteiger partial charge in [0.15, 0.2) is 10.8 Å². The predicted octanol–water partition coefficient (Wildman–Crippen LogP) is 2.60. The Morgan fingerprint density at radius 2 is 2.14 bits per heavy atom. The molecule has 0 atom stereocenters. The Hall–Kier alpha value is -3.20. The van der Waals surface area contributed by atoms with E-state index >= 15 is 0 Å². The number of rotatable bonds is 4. The number of carbonyl (C=O) groups is 2. The zero-order valence-electron chi connectivity index (χ0n) is 15.5. The van der Waals surface area contributed by atoms with Crippen molar-refractivity contribution < 1.29 is 14.0 Å². The van der Waals surface area contributed by atoms with Gasteiger partial charge in [-0.05, 0) is 38.1 Å². The number of carbonyl (C=O) groups excluding carboxylic acids is 2. The summed E-state index contributed by atoms with van der Waals surface area (Å²) in [5, 5.41) is 6.30. The number of hydrogen-bond acceptors (Lipinski definition) is 7. The third-order valence-corrected chi connectivity index (χ3v) is 5.49. The van der Waals surface area contributed by atoms with Crippen LogP contribution in [-0.2, 0) is 4.79 Å². The summed E-state index contributed by atoms with van der Waals surface area (Å²) in [5.41, 5.74) is 1.23. The fraction of sp³-hybridized carbons (Fsp3) is 0.263. The summed E-state index contributed by atoms with van der Waals surface area (Å²) in [6.07, 6.45) is 1.59. The van der Waals surface area contributed by atoms with Gasteiger partial charge >= 0.3 is 0 Å². The largest absolute Gasteiger partial charge is 0.459 e. The molecule has 1 saturated heterocycles. The maximum Gasteiger partial charge on any atom is 0.267 e. The van der Waals surface area contributed by atoms with Crippen LogP contribution in [0.25, 0.3) is 10.8 Å². The first-order chi connectivity index (χ1) is 13.5. The molecule has 0 unspecified atom stereocenters. The van der Waals surface area contributed by atoms with Crippen LogP contribution in [0.2, 0.25) is 0 Å². The Labute approximate surface area is 165 Å². The van der Waals surface area contributed by atoms with E-state index in [0.717, 1.165) is 5.76 Å². The van der Waals surface area contributed by atoms with Gasteiger partial charge in [-0.15, -0.1) is 11.3 Å². The second kappa shape index (κ2) is 7.43. The molecule has 4 rings (SSSR count). The van der Waals surface area contributed by atoms with Gasteiger partial charge in [0.2, 0.25) is 5.91 Å². The summed E-state index contributed by atoms with van der Waals surface area (Å²) in [4.78, 5) is 35.4. The van der Waals surface area contributed by atoms with Crippen LogP contribution in [0.15, 0.2) is 34.9 Å². The number of pyridine rings is 1. The third kappa shape index (κ3) is 3.74. The first-order valence-electron chi connectivity index (χ1n) is 8.83. The van der Waals surface area contributed by atoms with Gasteiger partial charge in [0.25, 0.3) is 5.91 Å². The lowest BCUT2D eigenvalue weighted by Crippen LogP contribution is -2.48. The number of aryl methyl sites for hydroxylation is 2. The van der Waals surface area contributed by atoms with Crippen LogP contribution in [0.5, 0.6) is 0 Å². The lowest BCUT2D eigenvalue weighted by molar-refractivity contribution is -0.120. The van der Waals surface area contributed by atoms with Crippen LogP contribution in [0, 0.1) is 13.8 Å². The molecule has 1 aliphatic heterocycles. The van der Waals surface area contributed by atoms with Crippen molar-refractivity contribution >= 4 is 34.7 Å². The summed E-state index contributed by atoms with van der Waals surface area (Å²) < 4.78 is 5.59. The number of nitrogens with one attached hydrogen (secondary N) is 2. The SMILES string of the molecule is Cc1ccc(-c2nc(C)c(C(=O)Nc3ccc(N4CCNC(=O)C4)nc3)s2)o1. The Morgan fingerprint density at radius 1 is 1.29 bits per heavy atom. The van der Waals surface area contributed by atoms with Gasteiger partial charge in [-0.1, -0.05) is 0 Å². The topological polar surface area (TPSA) is 100 Å². The fourth-order valence-electron chi connectivity index (χ4n) is 2.93. The number of nitrogens with zero attached hydrogens (tertiary/aromatic N) is 3. The lowest BCUT2D eigenvalue weighted by atomic mass is 10.3. The number of piperazine rings is 1. The highest BCUT2D eigenvalue weighted by molar-refractivity contribution is 7.17. The van der Waals surface area contributed by atoms with Gasteiger partial charge in [-0.25, -0.2) is 9.97 Å². The maximum absolute atomic E-state index is 12.7. The molecule has 1 aliphatic rings. The molecule has 28 heavy (non-hydrogen) atoms. The van der Waals surface area contributed by atoms with Crippen LogP contribution < -0.4 is 15.5 Å². The number of amides is 2. The molecule has 2 N–H and O–H groups in total. The quantitative estimate of drug-likeness (QED) is 0.702. The summed E-state index contributed by atoms with van der Waals surface area (Å²) in [7, 11) is 0. The Balaban J connectivity index is 1.46. The molecule has 0 aliphatic carbocycles. The molecule has 1 fully saturated rings. The number of furan rings is 1. The number of thiazole rings is 1. The summed E-state index contributed by atoms with van der Waals surface area (Å²) in [6.45, 7) is 5.26.